The molecule has 0 spiro atoms. The van der Waals surface area contributed by atoms with Crippen molar-refractivity contribution in [3.05, 3.63) is 0 Å². The maximum absolute atomic E-state index is 1.50. The molecule has 0 heterocycles. The van der Waals surface area contributed by atoms with Crippen LogP contribution >= 0.6 is 0 Å². The Bertz CT molecular complexity index is 26.5. The molecule has 0 aromatic carbocycles. The Balaban J connectivity index is -0.000000120. The van der Waals surface area contributed by atoms with Crippen LogP contribution in [0.15, 0.2) is 0 Å². The zero-order valence-corrected chi connectivity index (χ0v) is 5.66. The molecular weight excluding hydrogens is 107 g/mol. The monoisotopic (exact) mass is 126 g/mol. The first-order chi connectivity index (χ1) is 3.00. The van der Waals surface area contributed by atoms with Gasteiger partial charge in [-0.05, 0) is 0 Å². The molecule has 0 atom stereocenters. The van der Waals surface area contributed by atoms with E-state index in [0.29, 0.717) is 0 Å². The third-order valence-corrected chi connectivity index (χ3v) is 1.50. The number of hydrogen-bond donors (Lipinski definition) is 2. The van der Waals surface area contributed by atoms with Gasteiger partial charge in [0, 0.05) is 0 Å². The molecule has 0 bridgehead atoms. The van der Waals surface area contributed by atoms with Gasteiger partial charge in [-0.25, -0.2) is 0 Å². The van der Waals surface area contributed by atoms with Crippen molar-refractivity contribution in [3.63, 3.8) is 0 Å². The summed E-state index contributed by atoms with van der Waals surface area (Å²) in [5.74, 6) is 0. The number of hydrogen-bond acceptors (Lipinski definition) is 2. The molecule has 3 heteroatoms. The van der Waals surface area contributed by atoms with Gasteiger partial charge in [0.05, 0.1) is 0 Å². The van der Waals surface area contributed by atoms with Crippen LogP contribution in [0.4, 0.5) is 0 Å². The van der Waals surface area contributed by atoms with E-state index < -0.39 is 0 Å². The molecule has 9 heavy (non-hydrogen) atoms. The van der Waals surface area contributed by atoms with E-state index in [-0.39, 0.29) is 31.2 Å². The summed E-state index contributed by atoms with van der Waals surface area (Å²) in [5, 5.41) is 0. The van der Waals surface area contributed by atoms with Crippen molar-refractivity contribution >= 4 is 18.9 Å². The summed E-state index contributed by atoms with van der Waals surface area (Å²) < 4.78 is 0. The second kappa shape index (κ2) is 11.3. The average Bonchev–Trinajstić information content (AvgIpc) is 1.72. The molecule has 0 unspecified atom stereocenters. The molecule has 1 fully saturated rings. The molecule has 1 rings (SSSR count). The second-order valence-corrected chi connectivity index (χ2v) is 2.12. The van der Waals surface area contributed by atoms with Crippen LogP contribution in [0.3, 0.4) is 0 Å². The van der Waals surface area contributed by atoms with Gasteiger partial charge in [0.2, 0.25) is 0 Å². The molecule has 0 saturated heterocycles. The van der Waals surface area contributed by atoms with Crippen molar-refractivity contribution in [2.24, 2.45) is 0 Å². The SMILES string of the molecule is C1CCCCC1.N.N.[LiH]. The summed E-state index contributed by atoms with van der Waals surface area (Å²) >= 11 is 0. The van der Waals surface area contributed by atoms with Gasteiger partial charge in [0.25, 0.3) is 0 Å². The Labute approximate surface area is 70.1 Å². The molecular formula is C6H19LiN2. The molecule has 1 saturated carbocycles. The van der Waals surface area contributed by atoms with Crippen LogP contribution in [0.5, 0.6) is 0 Å². The second-order valence-electron chi connectivity index (χ2n) is 2.12. The summed E-state index contributed by atoms with van der Waals surface area (Å²) in [5.41, 5.74) is 0. The van der Waals surface area contributed by atoms with Crippen LogP contribution < -0.4 is 12.3 Å². The van der Waals surface area contributed by atoms with E-state index >= 15 is 0 Å². The number of rotatable bonds is 0. The molecule has 6 N–H and O–H groups in total. The van der Waals surface area contributed by atoms with Crippen LogP contribution in [0.1, 0.15) is 38.5 Å². The van der Waals surface area contributed by atoms with Crippen molar-refractivity contribution in [1.29, 1.82) is 0 Å². The normalized spacial score (nSPS) is 16.0. The van der Waals surface area contributed by atoms with Gasteiger partial charge in [-0.15, -0.1) is 0 Å². The summed E-state index contributed by atoms with van der Waals surface area (Å²) in [6, 6.07) is 0. The predicted molar refractivity (Wildman–Crippen MR) is 44.9 cm³/mol. The Morgan fingerprint density at radius 1 is 0.444 bits per heavy atom. The van der Waals surface area contributed by atoms with Crippen molar-refractivity contribution in [1.82, 2.24) is 12.3 Å². The summed E-state index contributed by atoms with van der Waals surface area (Å²) in [7, 11) is 0. The third kappa shape index (κ3) is 8.52. The minimum absolute atomic E-state index is 0. The maximum atomic E-state index is 1.50. The Morgan fingerprint density at radius 3 is 0.667 bits per heavy atom. The quantitative estimate of drug-likeness (QED) is 0.487. The fourth-order valence-corrected chi connectivity index (χ4v) is 1.06. The molecule has 0 aromatic rings. The molecule has 1 aliphatic rings. The predicted octanol–water partition coefficient (Wildman–Crippen LogP) is 2.02. The van der Waals surface area contributed by atoms with Crippen molar-refractivity contribution in [2.75, 3.05) is 0 Å². The van der Waals surface area contributed by atoms with Crippen molar-refractivity contribution in [3.8, 4) is 0 Å². The van der Waals surface area contributed by atoms with Crippen LogP contribution in [0, 0.1) is 0 Å². The molecule has 0 aliphatic heterocycles. The first-order valence-corrected chi connectivity index (χ1v) is 3.00. The van der Waals surface area contributed by atoms with Gasteiger partial charge >= 0.3 is 18.9 Å². The fourth-order valence-electron chi connectivity index (χ4n) is 1.06. The van der Waals surface area contributed by atoms with Crippen molar-refractivity contribution in [2.45, 2.75) is 38.5 Å². The van der Waals surface area contributed by atoms with E-state index in [2.05, 4.69) is 0 Å². The van der Waals surface area contributed by atoms with Gasteiger partial charge in [0.15, 0.2) is 0 Å². The fraction of sp³-hybridized carbons (Fsp3) is 1.00. The Morgan fingerprint density at radius 2 is 0.556 bits per heavy atom. The summed E-state index contributed by atoms with van der Waals surface area (Å²) in [6.07, 6.45) is 9.00. The van der Waals surface area contributed by atoms with Gasteiger partial charge in [-0.1, -0.05) is 38.5 Å². The van der Waals surface area contributed by atoms with Crippen LogP contribution in [-0.2, 0) is 0 Å². The van der Waals surface area contributed by atoms with Gasteiger partial charge in [-0.3, -0.25) is 0 Å². The van der Waals surface area contributed by atoms with Crippen molar-refractivity contribution < 1.29 is 0 Å². The average molecular weight is 126 g/mol. The van der Waals surface area contributed by atoms with Gasteiger partial charge in [0.1, 0.15) is 0 Å². The van der Waals surface area contributed by atoms with Gasteiger partial charge in [-0.2, -0.15) is 0 Å². The Hall–Kier alpha value is 0.517. The minimum atomic E-state index is 0. The summed E-state index contributed by atoms with van der Waals surface area (Å²) in [6.45, 7) is 0. The third-order valence-electron chi connectivity index (χ3n) is 1.50. The first-order valence-electron chi connectivity index (χ1n) is 3.00. The summed E-state index contributed by atoms with van der Waals surface area (Å²) in [4.78, 5) is 0. The molecule has 1 aliphatic carbocycles. The zero-order valence-electron chi connectivity index (χ0n) is 5.66. The standard InChI is InChI=1S/C6H12.Li.2H3N.H/c1-2-4-6-5-3-1;;;;/h1-6H2;;2*1H3;. The molecule has 54 valence electrons. The Kier molecular flexibility index (Phi) is 20.5. The van der Waals surface area contributed by atoms with Crippen LogP contribution in [0.25, 0.3) is 0 Å². The topological polar surface area (TPSA) is 70.0 Å². The van der Waals surface area contributed by atoms with E-state index in [1.165, 1.54) is 38.5 Å². The zero-order chi connectivity index (χ0) is 4.24. The van der Waals surface area contributed by atoms with Gasteiger partial charge < -0.3 is 12.3 Å². The molecule has 0 radical (unpaired) electrons. The molecule has 2 nitrogen and oxygen atoms in total. The van der Waals surface area contributed by atoms with E-state index in [0.717, 1.165) is 0 Å². The first kappa shape index (κ1) is 16.3. The molecule has 0 aromatic heterocycles. The van der Waals surface area contributed by atoms with E-state index in [1.54, 1.807) is 0 Å². The van der Waals surface area contributed by atoms with E-state index in [9.17, 15) is 0 Å². The van der Waals surface area contributed by atoms with E-state index in [1.807, 2.05) is 0 Å². The van der Waals surface area contributed by atoms with Crippen LogP contribution in [-0.4, -0.2) is 18.9 Å². The molecule has 0 amide bonds. The van der Waals surface area contributed by atoms with E-state index in [4.69, 9.17) is 0 Å². The van der Waals surface area contributed by atoms with Crippen LogP contribution in [0.2, 0.25) is 0 Å².